The van der Waals surface area contributed by atoms with Crippen molar-refractivity contribution in [3.8, 4) is 0 Å². The number of rotatable bonds is 40. The Balaban J connectivity index is 4.44. The van der Waals surface area contributed by atoms with E-state index in [1.807, 2.05) is 39.4 Å². The molecule has 0 aliphatic carbocycles. The van der Waals surface area contributed by atoms with E-state index in [1.54, 1.807) is 6.08 Å². The molecule has 0 saturated carbocycles. The van der Waals surface area contributed by atoms with Crippen LogP contribution in [0.15, 0.2) is 37.0 Å². The molecule has 0 fully saturated rings. The molecule has 0 aromatic carbocycles. The number of likely N-dealkylation sites (N-methyl/N-ethyl adjacent to an activating group) is 1. The van der Waals surface area contributed by atoms with E-state index < -0.39 is 32.5 Å². The highest BCUT2D eigenvalue weighted by molar-refractivity contribution is 7.45. The topological polar surface area (TPSA) is 111 Å². The Kier molecular flexibility index (Phi) is 35.6. The smallest absolute Gasteiger partial charge is 0.330 e. The minimum absolute atomic E-state index is 0.0437. The maximum Gasteiger partial charge on any atom is 0.330 e. The number of carbonyl (C=O) groups is 2. The minimum Gasteiger partial charge on any atom is -0.756 e. The van der Waals surface area contributed by atoms with Crippen molar-refractivity contribution >= 4 is 19.8 Å². The number of nitrogens with zero attached hydrogens (tertiary/aromatic N) is 1. The third-order valence-electron chi connectivity index (χ3n) is 9.38. The van der Waals surface area contributed by atoms with Crippen molar-refractivity contribution < 1.29 is 42.1 Å². The van der Waals surface area contributed by atoms with E-state index in [0.717, 1.165) is 38.5 Å². The quantitative estimate of drug-likeness (QED) is 0.0115. The molecule has 9 nitrogen and oxygen atoms in total. The van der Waals surface area contributed by atoms with Gasteiger partial charge in [0, 0.05) is 12.5 Å². The van der Waals surface area contributed by atoms with Crippen LogP contribution < -0.4 is 4.89 Å². The van der Waals surface area contributed by atoms with Crippen LogP contribution in [0.25, 0.3) is 0 Å². The van der Waals surface area contributed by atoms with Gasteiger partial charge in [-0.25, -0.2) is 4.79 Å². The summed E-state index contributed by atoms with van der Waals surface area (Å²) in [5.74, 6) is -1.09. The summed E-state index contributed by atoms with van der Waals surface area (Å²) in [6.07, 6.45) is 39.8. The summed E-state index contributed by atoms with van der Waals surface area (Å²) in [5.41, 5.74) is 0. The summed E-state index contributed by atoms with van der Waals surface area (Å²) >= 11 is 0. The summed E-state index contributed by atoms with van der Waals surface area (Å²) in [7, 11) is 1.12. The number of hydrogen-bond donors (Lipinski definition) is 0. The SMILES string of the molecule is C=CCCCCCCCCCCCCCCCC(=O)O[C@H](COC(=O)/C=C/C=C/CCCCCCCCCCCCC)COP(=O)([O-])OCC[N+](C)(C)C. The lowest BCUT2D eigenvalue weighted by molar-refractivity contribution is -0.870. The molecule has 0 aromatic rings. The van der Waals surface area contributed by atoms with Gasteiger partial charge in [-0.15, -0.1) is 6.58 Å². The van der Waals surface area contributed by atoms with Gasteiger partial charge in [0.15, 0.2) is 6.10 Å². The largest absolute Gasteiger partial charge is 0.756 e. The molecule has 316 valence electrons. The fraction of sp³-hybridized carbons (Fsp3) is 0.818. The molecule has 54 heavy (non-hydrogen) atoms. The number of ether oxygens (including phenoxy) is 2. The van der Waals surface area contributed by atoms with Crippen molar-refractivity contribution in [1.82, 2.24) is 0 Å². The fourth-order valence-electron chi connectivity index (χ4n) is 5.96. The van der Waals surface area contributed by atoms with E-state index >= 15 is 0 Å². The van der Waals surface area contributed by atoms with Crippen molar-refractivity contribution in [3.63, 3.8) is 0 Å². The Hall–Kier alpha value is -1.77. The Labute approximate surface area is 331 Å². The van der Waals surface area contributed by atoms with Gasteiger partial charge < -0.3 is 27.9 Å². The lowest BCUT2D eigenvalue weighted by atomic mass is 10.0. The van der Waals surface area contributed by atoms with Crippen molar-refractivity contribution in [3.05, 3.63) is 37.0 Å². The van der Waals surface area contributed by atoms with Crippen molar-refractivity contribution in [1.29, 1.82) is 0 Å². The molecule has 0 radical (unpaired) electrons. The summed E-state index contributed by atoms with van der Waals surface area (Å²) < 4.78 is 33.7. The van der Waals surface area contributed by atoms with Crippen molar-refractivity contribution in [2.24, 2.45) is 0 Å². The maximum atomic E-state index is 12.6. The van der Waals surface area contributed by atoms with Gasteiger partial charge in [-0.3, -0.25) is 9.36 Å². The van der Waals surface area contributed by atoms with E-state index in [1.165, 1.54) is 128 Å². The number of esters is 2. The number of unbranched alkanes of at least 4 members (excludes halogenated alkanes) is 24. The molecule has 0 amide bonds. The van der Waals surface area contributed by atoms with E-state index in [2.05, 4.69) is 13.5 Å². The zero-order valence-electron chi connectivity index (χ0n) is 35.3. The minimum atomic E-state index is -4.64. The average molecular weight is 784 g/mol. The molecule has 10 heteroatoms. The van der Waals surface area contributed by atoms with Crippen LogP contribution in [0.5, 0.6) is 0 Å². The molecular formula is C44H82NO8P. The van der Waals surface area contributed by atoms with Gasteiger partial charge in [0.25, 0.3) is 7.82 Å². The highest BCUT2D eigenvalue weighted by atomic mass is 31.2. The predicted molar refractivity (Wildman–Crippen MR) is 222 cm³/mol. The highest BCUT2D eigenvalue weighted by Gasteiger charge is 2.21. The molecule has 0 saturated heterocycles. The van der Waals surface area contributed by atoms with Crippen LogP contribution in [-0.2, 0) is 32.7 Å². The fourth-order valence-corrected chi connectivity index (χ4v) is 6.69. The third-order valence-corrected chi connectivity index (χ3v) is 10.3. The average Bonchev–Trinajstić information content (AvgIpc) is 3.12. The Morgan fingerprint density at radius 2 is 1.15 bits per heavy atom. The molecule has 0 rings (SSSR count). The first kappa shape index (κ1) is 52.2. The number of phosphoric ester groups is 1. The number of allylic oxidation sites excluding steroid dienone is 4. The van der Waals surface area contributed by atoms with Crippen LogP contribution in [0, 0.1) is 0 Å². The molecular weight excluding hydrogens is 701 g/mol. The van der Waals surface area contributed by atoms with Crippen LogP contribution in [0.2, 0.25) is 0 Å². The second-order valence-electron chi connectivity index (χ2n) is 15.9. The normalized spacial score (nSPS) is 13.7. The maximum absolute atomic E-state index is 12.6. The van der Waals surface area contributed by atoms with Gasteiger partial charge in [-0.05, 0) is 32.1 Å². The lowest BCUT2D eigenvalue weighted by Crippen LogP contribution is -2.37. The molecule has 0 aromatic heterocycles. The van der Waals surface area contributed by atoms with Gasteiger partial charge in [0.1, 0.15) is 19.8 Å². The Bertz CT molecular complexity index is 1010. The second-order valence-corrected chi connectivity index (χ2v) is 17.3. The second kappa shape index (κ2) is 36.8. The van der Waals surface area contributed by atoms with Crippen molar-refractivity contribution in [2.75, 3.05) is 47.5 Å². The molecule has 1 unspecified atom stereocenters. The van der Waals surface area contributed by atoms with Crippen LogP contribution in [0.4, 0.5) is 0 Å². The number of carbonyl (C=O) groups excluding carboxylic acids is 2. The van der Waals surface area contributed by atoms with Gasteiger partial charge in [-0.2, -0.15) is 0 Å². The zero-order valence-corrected chi connectivity index (χ0v) is 36.1. The summed E-state index contributed by atoms with van der Waals surface area (Å²) in [5, 5.41) is 0. The molecule has 0 N–H and O–H groups in total. The van der Waals surface area contributed by atoms with Crippen molar-refractivity contribution in [2.45, 2.75) is 186 Å². The molecule has 0 bridgehead atoms. The summed E-state index contributed by atoms with van der Waals surface area (Å²) in [6.45, 7) is 5.62. The van der Waals surface area contributed by atoms with E-state index in [9.17, 15) is 19.0 Å². The molecule has 0 spiro atoms. The first-order valence-electron chi connectivity index (χ1n) is 21.7. The van der Waals surface area contributed by atoms with Gasteiger partial charge in [0.05, 0.1) is 27.7 Å². The molecule has 0 aliphatic rings. The van der Waals surface area contributed by atoms with Crippen LogP contribution >= 0.6 is 7.82 Å². The van der Waals surface area contributed by atoms with Gasteiger partial charge in [0.2, 0.25) is 0 Å². The first-order valence-corrected chi connectivity index (χ1v) is 23.2. The van der Waals surface area contributed by atoms with E-state index in [-0.39, 0.29) is 19.6 Å². The van der Waals surface area contributed by atoms with Crippen LogP contribution in [-0.4, -0.2) is 70.0 Å². The van der Waals surface area contributed by atoms with Crippen LogP contribution in [0.3, 0.4) is 0 Å². The molecule has 2 atom stereocenters. The summed E-state index contributed by atoms with van der Waals surface area (Å²) in [6, 6.07) is 0. The zero-order chi connectivity index (χ0) is 40.0. The number of hydrogen-bond acceptors (Lipinski definition) is 8. The lowest BCUT2D eigenvalue weighted by Gasteiger charge is -2.28. The monoisotopic (exact) mass is 784 g/mol. The predicted octanol–water partition coefficient (Wildman–Crippen LogP) is 11.5. The number of phosphoric acid groups is 1. The highest BCUT2D eigenvalue weighted by Crippen LogP contribution is 2.38. The van der Waals surface area contributed by atoms with E-state index in [4.69, 9.17) is 18.5 Å². The van der Waals surface area contributed by atoms with Gasteiger partial charge >= 0.3 is 11.9 Å². The third kappa shape index (κ3) is 39.9. The summed E-state index contributed by atoms with van der Waals surface area (Å²) in [4.78, 5) is 37.4. The first-order chi connectivity index (χ1) is 26.0. The number of quaternary nitrogens is 1. The van der Waals surface area contributed by atoms with Gasteiger partial charge in [-0.1, -0.05) is 166 Å². The Morgan fingerprint density at radius 1 is 0.667 bits per heavy atom. The standard InChI is InChI=1S/C44H82NO8P/c1-6-8-10-12-14-16-18-20-22-24-26-28-30-32-34-36-43(46)50-40-42(41-52-54(48,49)51-39-38-45(3,4)5)53-44(47)37-35-33-31-29-27-25-23-21-19-17-15-13-11-9-7-2/h7,30,32,34,36,42H,2,6,8-29,31,33,35,37-41H2,1,3-5H3/b32-30+,36-34+/t42-/m1/s1. The molecule has 0 aliphatic heterocycles. The Morgan fingerprint density at radius 3 is 1.65 bits per heavy atom. The van der Waals surface area contributed by atoms with Crippen LogP contribution in [0.1, 0.15) is 180 Å². The van der Waals surface area contributed by atoms with E-state index in [0.29, 0.717) is 17.4 Å². The molecule has 0 heterocycles.